The Morgan fingerprint density at radius 2 is 2.29 bits per heavy atom. The predicted octanol–water partition coefficient (Wildman–Crippen LogP) is 1.35. The SMILES string of the molecule is CC1CCCO1.N. The summed E-state index contributed by atoms with van der Waals surface area (Å²) in [6.07, 6.45) is 3.08. The average Bonchev–Trinajstić information content (AvgIpc) is 1.86. The monoisotopic (exact) mass is 103 g/mol. The zero-order chi connectivity index (χ0) is 4.41. The van der Waals surface area contributed by atoms with Crippen LogP contribution >= 0.6 is 0 Å². The molecule has 0 aromatic heterocycles. The quantitative estimate of drug-likeness (QED) is 0.503. The van der Waals surface area contributed by atoms with Crippen molar-refractivity contribution in [3.63, 3.8) is 0 Å². The third kappa shape index (κ3) is 1.90. The molecule has 1 fully saturated rings. The van der Waals surface area contributed by atoms with Crippen molar-refractivity contribution in [3.8, 4) is 0 Å². The lowest BCUT2D eigenvalue weighted by molar-refractivity contribution is 0.125. The largest absolute Gasteiger partial charge is 0.379 e. The van der Waals surface area contributed by atoms with Gasteiger partial charge in [0.2, 0.25) is 0 Å². The maximum Gasteiger partial charge on any atom is 0.0547 e. The molecule has 0 aliphatic carbocycles. The Labute approximate surface area is 44.4 Å². The highest BCUT2D eigenvalue weighted by atomic mass is 16.5. The highest BCUT2D eigenvalue weighted by molar-refractivity contribution is 4.56. The molecule has 44 valence electrons. The molecule has 0 aromatic carbocycles. The molecule has 0 radical (unpaired) electrons. The van der Waals surface area contributed by atoms with Crippen LogP contribution in [-0.4, -0.2) is 12.7 Å². The smallest absolute Gasteiger partial charge is 0.0547 e. The molecule has 7 heavy (non-hydrogen) atoms. The van der Waals surface area contributed by atoms with Gasteiger partial charge in [-0.15, -0.1) is 0 Å². The van der Waals surface area contributed by atoms with Crippen molar-refractivity contribution in [1.82, 2.24) is 6.15 Å². The van der Waals surface area contributed by atoms with Crippen LogP contribution in [0.25, 0.3) is 0 Å². The van der Waals surface area contributed by atoms with Crippen LogP contribution in [0.4, 0.5) is 0 Å². The van der Waals surface area contributed by atoms with Crippen LogP contribution in [0, 0.1) is 0 Å². The molecule has 0 spiro atoms. The summed E-state index contributed by atoms with van der Waals surface area (Å²) < 4.78 is 5.15. The summed E-state index contributed by atoms with van der Waals surface area (Å²) in [7, 11) is 0. The van der Waals surface area contributed by atoms with E-state index in [1.165, 1.54) is 12.8 Å². The van der Waals surface area contributed by atoms with Crippen LogP contribution in [0.1, 0.15) is 19.8 Å². The first-order valence-electron chi connectivity index (χ1n) is 2.51. The van der Waals surface area contributed by atoms with Crippen molar-refractivity contribution in [1.29, 1.82) is 0 Å². The van der Waals surface area contributed by atoms with Gasteiger partial charge in [-0.1, -0.05) is 0 Å². The average molecular weight is 103 g/mol. The molecule has 1 heterocycles. The zero-order valence-electron chi connectivity index (χ0n) is 4.81. The van der Waals surface area contributed by atoms with Gasteiger partial charge in [-0.25, -0.2) is 0 Å². The molecule has 1 aliphatic rings. The molecule has 3 N–H and O–H groups in total. The zero-order valence-corrected chi connectivity index (χ0v) is 4.81. The van der Waals surface area contributed by atoms with E-state index in [-0.39, 0.29) is 6.15 Å². The van der Waals surface area contributed by atoms with Crippen molar-refractivity contribution in [3.05, 3.63) is 0 Å². The molecule has 0 bridgehead atoms. The number of hydrogen-bond acceptors (Lipinski definition) is 2. The van der Waals surface area contributed by atoms with Gasteiger partial charge < -0.3 is 10.9 Å². The van der Waals surface area contributed by atoms with Crippen molar-refractivity contribution in [2.75, 3.05) is 6.61 Å². The van der Waals surface area contributed by atoms with Gasteiger partial charge >= 0.3 is 0 Å². The van der Waals surface area contributed by atoms with E-state index >= 15 is 0 Å². The Hall–Kier alpha value is -0.0800. The fraction of sp³-hybridized carbons (Fsp3) is 1.00. The molecule has 0 saturated carbocycles. The van der Waals surface area contributed by atoms with Gasteiger partial charge in [0.1, 0.15) is 0 Å². The summed E-state index contributed by atoms with van der Waals surface area (Å²) in [5.41, 5.74) is 0. The Bertz CT molecular complexity index is 41.3. The van der Waals surface area contributed by atoms with E-state index in [4.69, 9.17) is 4.74 Å². The maximum atomic E-state index is 5.15. The fourth-order valence-electron chi connectivity index (χ4n) is 0.739. The lowest BCUT2D eigenvalue weighted by Gasteiger charge is -1.94. The van der Waals surface area contributed by atoms with Crippen LogP contribution in [0.3, 0.4) is 0 Å². The van der Waals surface area contributed by atoms with Gasteiger partial charge in [0.05, 0.1) is 6.10 Å². The van der Waals surface area contributed by atoms with Crippen LogP contribution in [0.15, 0.2) is 0 Å². The lowest BCUT2D eigenvalue weighted by atomic mass is 10.3. The van der Waals surface area contributed by atoms with E-state index in [1.807, 2.05) is 0 Å². The molecule has 1 unspecified atom stereocenters. The van der Waals surface area contributed by atoms with E-state index in [2.05, 4.69) is 6.92 Å². The normalized spacial score (nSPS) is 29.6. The molecule has 1 rings (SSSR count). The first-order valence-corrected chi connectivity index (χ1v) is 2.51. The minimum atomic E-state index is 0. The Morgan fingerprint density at radius 3 is 2.43 bits per heavy atom. The first-order chi connectivity index (χ1) is 2.89. The molecule has 0 aromatic rings. The summed E-state index contributed by atoms with van der Waals surface area (Å²) in [4.78, 5) is 0. The molecular weight excluding hydrogens is 90.1 g/mol. The van der Waals surface area contributed by atoms with Gasteiger partial charge in [-0.3, -0.25) is 0 Å². The van der Waals surface area contributed by atoms with E-state index in [9.17, 15) is 0 Å². The molecule has 2 nitrogen and oxygen atoms in total. The number of ether oxygens (including phenoxy) is 1. The minimum absolute atomic E-state index is 0. The molecule has 2 heteroatoms. The molecular formula is C5H13NO. The topological polar surface area (TPSA) is 44.2 Å². The van der Waals surface area contributed by atoms with Crippen LogP contribution < -0.4 is 6.15 Å². The number of rotatable bonds is 0. The second-order valence-corrected chi connectivity index (χ2v) is 1.82. The van der Waals surface area contributed by atoms with Gasteiger partial charge in [0.15, 0.2) is 0 Å². The van der Waals surface area contributed by atoms with E-state index in [1.54, 1.807) is 0 Å². The van der Waals surface area contributed by atoms with Crippen molar-refractivity contribution in [2.24, 2.45) is 0 Å². The van der Waals surface area contributed by atoms with Crippen LogP contribution in [0.5, 0.6) is 0 Å². The summed E-state index contributed by atoms with van der Waals surface area (Å²) in [6.45, 7) is 3.11. The Balaban J connectivity index is 0.000000360. The van der Waals surface area contributed by atoms with E-state index in [0.29, 0.717) is 6.10 Å². The molecule has 0 amide bonds. The second-order valence-electron chi connectivity index (χ2n) is 1.82. The second kappa shape index (κ2) is 2.99. The highest BCUT2D eigenvalue weighted by Gasteiger charge is 2.07. The van der Waals surface area contributed by atoms with Crippen LogP contribution in [0.2, 0.25) is 0 Å². The summed E-state index contributed by atoms with van der Waals surface area (Å²) in [6, 6.07) is 0. The van der Waals surface area contributed by atoms with E-state index in [0.717, 1.165) is 6.61 Å². The van der Waals surface area contributed by atoms with Crippen LogP contribution in [-0.2, 0) is 4.74 Å². The van der Waals surface area contributed by atoms with Crippen molar-refractivity contribution in [2.45, 2.75) is 25.9 Å². The number of hydrogen-bond donors (Lipinski definition) is 1. The fourth-order valence-corrected chi connectivity index (χ4v) is 0.739. The molecule has 1 atom stereocenters. The first kappa shape index (κ1) is 6.92. The summed E-state index contributed by atoms with van der Waals surface area (Å²) in [5.74, 6) is 0. The van der Waals surface area contributed by atoms with Gasteiger partial charge in [-0.2, -0.15) is 0 Å². The van der Waals surface area contributed by atoms with Crippen molar-refractivity contribution >= 4 is 0 Å². The molecule has 1 aliphatic heterocycles. The molecule has 1 saturated heterocycles. The van der Waals surface area contributed by atoms with Crippen molar-refractivity contribution < 1.29 is 4.74 Å². The van der Waals surface area contributed by atoms with Gasteiger partial charge in [-0.05, 0) is 19.8 Å². The maximum absolute atomic E-state index is 5.15. The lowest BCUT2D eigenvalue weighted by Crippen LogP contribution is -1.94. The minimum Gasteiger partial charge on any atom is -0.379 e. The predicted molar refractivity (Wildman–Crippen MR) is 29.7 cm³/mol. The highest BCUT2D eigenvalue weighted by Crippen LogP contribution is 2.09. The summed E-state index contributed by atoms with van der Waals surface area (Å²) in [5, 5.41) is 0. The summed E-state index contributed by atoms with van der Waals surface area (Å²) >= 11 is 0. The van der Waals surface area contributed by atoms with Gasteiger partial charge in [0.25, 0.3) is 0 Å². The van der Waals surface area contributed by atoms with E-state index < -0.39 is 0 Å². The standard InChI is InChI=1S/C5H10O.H3N/c1-5-3-2-4-6-5;/h5H,2-4H2,1H3;1H3. The Kier molecular flexibility index (Phi) is 2.96. The Morgan fingerprint density at radius 1 is 1.57 bits per heavy atom. The third-order valence-electron chi connectivity index (χ3n) is 1.16. The third-order valence-corrected chi connectivity index (χ3v) is 1.16. The van der Waals surface area contributed by atoms with Gasteiger partial charge in [0, 0.05) is 6.61 Å².